The molecule has 1 fully saturated rings. The van der Waals surface area contributed by atoms with E-state index >= 15 is 0 Å². The van der Waals surface area contributed by atoms with Gasteiger partial charge >= 0.3 is 0 Å². The molecule has 76 valence electrons. The van der Waals surface area contributed by atoms with Crippen molar-refractivity contribution in [2.24, 2.45) is 0 Å². The van der Waals surface area contributed by atoms with Gasteiger partial charge in [-0.25, -0.2) is 0 Å². The van der Waals surface area contributed by atoms with Crippen molar-refractivity contribution in [1.82, 2.24) is 10.2 Å². The summed E-state index contributed by atoms with van der Waals surface area (Å²) in [5.74, 6) is 0.231. The number of nitrogens with zero attached hydrogens (tertiary/aromatic N) is 1. The van der Waals surface area contributed by atoms with Crippen LogP contribution in [0.15, 0.2) is 0 Å². The van der Waals surface area contributed by atoms with Crippen molar-refractivity contribution in [3.63, 3.8) is 0 Å². The van der Waals surface area contributed by atoms with Crippen LogP contribution in [-0.4, -0.2) is 36.5 Å². The number of hydrogen-bond donors (Lipinski definition) is 1. The molecular weight excluding hydrogens is 164 g/mol. The summed E-state index contributed by atoms with van der Waals surface area (Å²) in [5.41, 5.74) is -0.303. The van der Waals surface area contributed by atoms with Gasteiger partial charge in [0.25, 0.3) is 0 Å². The molecule has 1 aliphatic heterocycles. The Morgan fingerprint density at radius 1 is 1.54 bits per heavy atom. The summed E-state index contributed by atoms with van der Waals surface area (Å²) >= 11 is 0. The van der Waals surface area contributed by atoms with E-state index in [-0.39, 0.29) is 11.4 Å². The first kappa shape index (κ1) is 10.5. The van der Waals surface area contributed by atoms with Crippen LogP contribution in [0.3, 0.4) is 0 Å². The molecule has 0 spiro atoms. The quantitative estimate of drug-likeness (QED) is 0.694. The molecule has 0 aromatic rings. The number of carbonyl (C=O) groups excluding carboxylic acids is 1. The molecule has 0 bridgehead atoms. The van der Waals surface area contributed by atoms with Crippen LogP contribution < -0.4 is 5.32 Å². The molecule has 1 N–H and O–H groups in total. The van der Waals surface area contributed by atoms with Crippen LogP contribution in [0, 0.1) is 0 Å². The van der Waals surface area contributed by atoms with E-state index in [4.69, 9.17) is 0 Å². The maximum absolute atomic E-state index is 11.9. The molecule has 1 rings (SSSR count). The Bertz CT molecular complexity index is 185. The molecule has 0 aliphatic carbocycles. The highest BCUT2D eigenvalue weighted by atomic mass is 16.2. The van der Waals surface area contributed by atoms with E-state index in [0.29, 0.717) is 0 Å². The lowest BCUT2D eigenvalue weighted by Crippen LogP contribution is -2.57. The SMILES string of the molecule is CCN(C)C(=O)C1(C)CCCCN1. The van der Waals surface area contributed by atoms with Crippen LogP contribution >= 0.6 is 0 Å². The Morgan fingerprint density at radius 3 is 2.69 bits per heavy atom. The molecule has 0 saturated carbocycles. The molecular formula is C10H20N2O. The molecule has 0 aromatic carbocycles. The molecule has 0 radical (unpaired) electrons. The molecule has 0 aromatic heterocycles. The van der Waals surface area contributed by atoms with Crippen LogP contribution in [0.1, 0.15) is 33.1 Å². The first-order chi connectivity index (χ1) is 6.10. The van der Waals surface area contributed by atoms with E-state index in [9.17, 15) is 4.79 Å². The van der Waals surface area contributed by atoms with Gasteiger partial charge < -0.3 is 10.2 Å². The number of rotatable bonds is 2. The predicted molar refractivity (Wildman–Crippen MR) is 53.6 cm³/mol. The summed E-state index contributed by atoms with van der Waals surface area (Å²) in [4.78, 5) is 13.7. The Labute approximate surface area is 80.5 Å². The minimum absolute atomic E-state index is 0.231. The molecule has 1 unspecified atom stereocenters. The van der Waals surface area contributed by atoms with Crippen molar-refractivity contribution in [1.29, 1.82) is 0 Å². The van der Waals surface area contributed by atoms with Crippen molar-refractivity contribution in [2.45, 2.75) is 38.6 Å². The summed E-state index contributed by atoms with van der Waals surface area (Å²) in [6.45, 7) is 5.78. The standard InChI is InChI=1S/C10H20N2O/c1-4-12(3)9(13)10(2)7-5-6-8-11-10/h11H,4-8H2,1-3H3. The van der Waals surface area contributed by atoms with E-state index in [1.165, 1.54) is 6.42 Å². The van der Waals surface area contributed by atoms with Crippen LogP contribution in [-0.2, 0) is 4.79 Å². The van der Waals surface area contributed by atoms with E-state index in [0.717, 1.165) is 25.9 Å². The number of likely N-dealkylation sites (N-methyl/N-ethyl adjacent to an activating group) is 1. The minimum atomic E-state index is -0.303. The lowest BCUT2D eigenvalue weighted by molar-refractivity contribution is -0.137. The second-order valence-corrected chi connectivity index (χ2v) is 4.04. The third kappa shape index (κ3) is 2.21. The molecule has 1 aliphatic rings. The second-order valence-electron chi connectivity index (χ2n) is 4.04. The maximum Gasteiger partial charge on any atom is 0.242 e. The first-order valence-corrected chi connectivity index (χ1v) is 5.11. The van der Waals surface area contributed by atoms with Gasteiger partial charge in [0.1, 0.15) is 0 Å². The van der Waals surface area contributed by atoms with E-state index in [1.807, 2.05) is 20.9 Å². The minimum Gasteiger partial charge on any atom is -0.344 e. The fourth-order valence-electron chi connectivity index (χ4n) is 1.80. The highest BCUT2D eigenvalue weighted by Gasteiger charge is 2.35. The van der Waals surface area contributed by atoms with Gasteiger partial charge in [0.2, 0.25) is 5.91 Å². The molecule has 13 heavy (non-hydrogen) atoms. The second kappa shape index (κ2) is 4.09. The molecule has 1 amide bonds. The molecule has 3 heteroatoms. The van der Waals surface area contributed by atoms with Crippen molar-refractivity contribution < 1.29 is 4.79 Å². The average Bonchev–Trinajstić information content (AvgIpc) is 2.16. The van der Waals surface area contributed by atoms with Gasteiger partial charge in [0, 0.05) is 13.6 Å². The third-order valence-corrected chi connectivity index (χ3v) is 2.91. The molecule has 1 atom stereocenters. The fourth-order valence-corrected chi connectivity index (χ4v) is 1.80. The van der Waals surface area contributed by atoms with Crippen LogP contribution in [0.5, 0.6) is 0 Å². The lowest BCUT2D eigenvalue weighted by atomic mass is 9.89. The predicted octanol–water partition coefficient (Wildman–Crippen LogP) is 0.997. The van der Waals surface area contributed by atoms with Gasteiger partial charge in [-0.15, -0.1) is 0 Å². The Balaban J connectivity index is 2.61. The number of hydrogen-bond acceptors (Lipinski definition) is 2. The van der Waals surface area contributed by atoms with E-state index < -0.39 is 0 Å². The molecule has 1 heterocycles. The summed E-state index contributed by atoms with van der Waals surface area (Å²) in [6, 6.07) is 0. The summed E-state index contributed by atoms with van der Waals surface area (Å²) < 4.78 is 0. The van der Waals surface area contributed by atoms with Gasteiger partial charge in [0.15, 0.2) is 0 Å². The van der Waals surface area contributed by atoms with Gasteiger partial charge in [-0.2, -0.15) is 0 Å². The normalized spacial score (nSPS) is 28.5. The average molecular weight is 184 g/mol. The number of carbonyl (C=O) groups is 1. The smallest absolute Gasteiger partial charge is 0.242 e. The summed E-state index contributed by atoms with van der Waals surface area (Å²) in [6.07, 6.45) is 3.32. The summed E-state index contributed by atoms with van der Waals surface area (Å²) in [5, 5.41) is 3.32. The van der Waals surface area contributed by atoms with Crippen molar-refractivity contribution in [3.05, 3.63) is 0 Å². The zero-order valence-corrected chi connectivity index (χ0v) is 8.89. The van der Waals surface area contributed by atoms with Gasteiger partial charge in [-0.3, -0.25) is 4.79 Å². The Morgan fingerprint density at radius 2 is 2.23 bits per heavy atom. The Kier molecular flexibility index (Phi) is 3.31. The van der Waals surface area contributed by atoms with Crippen LogP contribution in [0.4, 0.5) is 0 Å². The molecule has 1 saturated heterocycles. The van der Waals surface area contributed by atoms with Gasteiger partial charge in [-0.05, 0) is 39.7 Å². The topological polar surface area (TPSA) is 32.3 Å². The monoisotopic (exact) mass is 184 g/mol. The van der Waals surface area contributed by atoms with Crippen molar-refractivity contribution >= 4 is 5.91 Å². The summed E-state index contributed by atoms with van der Waals surface area (Å²) in [7, 11) is 1.86. The van der Waals surface area contributed by atoms with Crippen LogP contribution in [0.2, 0.25) is 0 Å². The largest absolute Gasteiger partial charge is 0.344 e. The van der Waals surface area contributed by atoms with Gasteiger partial charge in [-0.1, -0.05) is 0 Å². The number of nitrogens with one attached hydrogen (secondary N) is 1. The zero-order chi connectivity index (χ0) is 9.90. The van der Waals surface area contributed by atoms with E-state index in [2.05, 4.69) is 5.32 Å². The highest BCUT2D eigenvalue weighted by molar-refractivity contribution is 5.85. The van der Waals surface area contributed by atoms with Crippen molar-refractivity contribution in [3.8, 4) is 0 Å². The first-order valence-electron chi connectivity index (χ1n) is 5.11. The maximum atomic E-state index is 11.9. The third-order valence-electron chi connectivity index (χ3n) is 2.91. The zero-order valence-electron chi connectivity index (χ0n) is 8.89. The lowest BCUT2D eigenvalue weighted by Gasteiger charge is -2.36. The number of piperidine rings is 1. The number of amides is 1. The highest BCUT2D eigenvalue weighted by Crippen LogP contribution is 2.20. The van der Waals surface area contributed by atoms with E-state index in [1.54, 1.807) is 4.90 Å². The fraction of sp³-hybridized carbons (Fsp3) is 0.900. The van der Waals surface area contributed by atoms with Crippen molar-refractivity contribution in [2.75, 3.05) is 20.1 Å². The Hall–Kier alpha value is -0.570. The molecule has 3 nitrogen and oxygen atoms in total. The van der Waals surface area contributed by atoms with Gasteiger partial charge in [0.05, 0.1) is 5.54 Å². The van der Waals surface area contributed by atoms with Crippen LogP contribution in [0.25, 0.3) is 0 Å².